The predicted molar refractivity (Wildman–Crippen MR) is 92.0 cm³/mol. The summed E-state index contributed by atoms with van der Waals surface area (Å²) in [5, 5.41) is 9.64. The van der Waals surface area contributed by atoms with Gasteiger partial charge in [0.05, 0.1) is 5.41 Å². The summed E-state index contributed by atoms with van der Waals surface area (Å²) in [6, 6.07) is 13.7. The van der Waals surface area contributed by atoms with Gasteiger partial charge in [0, 0.05) is 0 Å². The second-order valence-corrected chi connectivity index (χ2v) is 6.21. The van der Waals surface area contributed by atoms with Crippen molar-refractivity contribution in [3.8, 4) is 5.75 Å². The molecule has 0 aromatic heterocycles. The van der Waals surface area contributed by atoms with Crippen LogP contribution in [0.4, 0.5) is 0 Å². The van der Waals surface area contributed by atoms with Gasteiger partial charge in [-0.1, -0.05) is 43.3 Å². The van der Waals surface area contributed by atoms with E-state index in [1.165, 1.54) is 0 Å². The minimum atomic E-state index is -0.901. The number of carbonyl (C=O) groups is 1. The number of rotatable bonds is 6. The molecular formula is C20H24O3. The van der Waals surface area contributed by atoms with E-state index in [9.17, 15) is 9.90 Å². The number of benzene rings is 2. The van der Waals surface area contributed by atoms with Crippen molar-refractivity contribution in [2.24, 2.45) is 0 Å². The Morgan fingerprint density at radius 3 is 2.52 bits per heavy atom. The summed E-state index contributed by atoms with van der Waals surface area (Å²) in [5.41, 5.74) is 3.05. The molecule has 1 atom stereocenters. The smallest absolute Gasteiger partial charge is 0.313 e. The van der Waals surface area contributed by atoms with Crippen molar-refractivity contribution in [2.45, 2.75) is 46.1 Å². The van der Waals surface area contributed by atoms with Gasteiger partial charge in [-0.3, -0.25) is 4.79 Å². The van der Waals surface area contributed by atoms with E-state index in [2.05, 4.69) is 6.07 Å². The van der Waals surface area contributed by atoms with E-state index in [1.807, 2.05) is 57.2 Å². The fraction of sp³-hybridized carbons (Fsp3) is 0.350. The number of carboxylic acid groups (broad SMARTS) is 1. The summed E-state index contributed by atoms with van der Waals surface area (Å²) >= 11 is 0. The van der Waals surface area contributed by atoms with E-state index in [-0.39, 0.29) is 0 Å². The second kappa shape index (κ2) is 6.86. The normalized spacial score (nSPS) is 13.4. The highest BCUT2D eigenvalue weighted by molar-refractivity contribution is 5.81. The van der Waals surface area contributed by atoms with Gasteiger partial charge >= 0.3 is 5.97 Å². The van der Waals surface area contributed by atoms with Crippen molar-refractivity contribution in [3.05, 3.63) is 64.7 Å². The maximum Gasteiger partial charge on any atom is 0.313 e. The second-order valence-electron chi connectivity index (χ2n) is 6.21. The van der Waals surface area contributed by atoms with E-state index >= 15 is 0 Å². The Kier molecular flexibility index (Phi) is 5.09. The SMILES string of the molecule is CCC(C)(C(=O)O)c1ccccc1COc1cc(C)ccc1C. The van der Waals surface area contributed by atoms with Crippen molar-refractivity contribution < 1.29 is 14.6 Å². The molecule has 0 heterocycles. The van der Waals surface area contributed by atoms with Gasteiger partial charge in [0.2, 0.25) is 0 Å². The Balaban J connectivity index is 2.31. The van der Waals surface area contributed by atoms with Gasteiger partial charge in [0.25, 0.3) is 0 Å². The average Bonchev–Trinajstić information content (AvgIpc) is 2.55. The third kappa shape index (κ3) is 3.55. The van der Waals surface area contributed by atoms with Crippen LogP contribution in [0.1, 0.15) is 42.5 Å². The molecule has 23 heavy (non-hydrogen) atoms. The molecular weight excluding hydrogens is 288 g/mol. The maximum atomic E-state index is 11.7. The number of hydrogen-bond donors (Lipinski definition) is 1. The van der Waals surface area contributed by atoms with Crippen molar-refractivity contribution in [1.29, 1.82) is 0 Å². The molecule has 0 spiro atoms. The van der Waals surface area contributed by atoms with Crippen molar-refractivity contribution >= 4 is 5.97 Å². The van der Waals surface area contributed by atoms with Crippen LogP contribution < -0.4 is 4.74 Å². The molecule has 122 valence electrons. The molecule has 0 radical (unpaired) electrons. The Morgan fingerprint density at radius 2 is 1.87 bits per heavy atom. The van der Waals surface area contributed by atoms with Crippen molar-refractivity contribution in [2.75, 3.05) is 0 Å². The number of aryl methyl sites for hydroxylation is 2. The third-order valence-corrected chi connectivity index (χ3v) is 4.52. The molecule has 0 bridgehead atoms. The standard InChI is InChI=1S/C20H24O3/c1-5-20(4,19(21)22)17-9-7-6-8-16(17)13-23-18-12-14(2)10-11-15(18)3/h6-12H,5,13H2,1-4H3,(H,21,22). The van der Waals surface area contributed by atoms with Crippen molar-refractivity contribution in [3.63, 3.8) is 0 Å². The minimum Gasteiger partial charge on any atom is -0.489 e. The van der Waals surface area contributed by atoms with Crippen LogP contribution in [0.5, 0.6) is 5.75 Å². The van der Waals surface area contributed by atoms with E-state index in [0.717, 1.165) is 28.0 Å². The molecule has 0 aliphatic heterocycles. The lowest BCUT2D eigenvalue weighted by molar-refractivity contribution is -0.143. The van der Waals surface area contributed by atoms with Crippen LogP contribution >= 0.6 is 0 Å². The molecule has 0 aliphatic carbocycles. The highest BCUT2D eigenvalue weighted by Crippen LogP contribution is 2.31. The van der Waals surface area contributed by atoms with Crippen LogP contribution in [0.25, 0.3) is 0 Å². The Hall–Kier alpha value is -2.29. The Bertz CT molecular complexity index is 706. The van der Waals surface area contributed by atoms with Crippen LogP contribution in [0.15, 0.2) is 42.5 Å². The fourth-order valence-electron chi connectivity index (χ4n) is 2.66. The molecule has 2 rings (SSSR count). The van der Waals surface area contributed by atoms with E-state index in [0.29, 0.717) is 13.0 Å². The summed E-state index contributed by atoms with van der Waals surface area (Å²) in [5.74, 6) is 0.0347. The topological polar surface area (TPSA) is 46.5 Å². The quantitative estimate of drug-likeness (QED) is 0.845. The number of ether oxygens (including phenoxy) is 1. The summed E-state index contributed by atoms with van der Waals surface area (Å²) in [7, 11) is 0. The summed E-state index contributed by atoms with van der Waals surface area (Å²) in [6.45, 7) is 8.07. The molecule has 2 aromatic rings. The molecule has 1 N–H and O–H groups in total. The summed E-state index contributed by atoms with van der Waals surface area (Å²) in [4.78, 5) is 11.7. The average molecular weight is 312 g/mol. The first-order chi connectivity index (χ1) is 10.9. The zero-order valence-corrected chi connectivity index (χ0v) is 14.2. The highest BCUT2D eigenvalue weighted by Gasteiger charge is 2.35. The monoisotopic (exact) mass is 312 g/mol. The zero-order valence-electron chi connectivity index (χ0n) is 14.2. The molecule has 1 unspecified atom stereocenters. The first-order valence-electron chi connectivity index (χ1n) is 7.90. The first kappa shape index (κ1) is 17.1. The van der Waals surface area contributed by atoms with E-state index in [1.54, 1.807) is 6.92 Å². The van der Waals surface area contributed by atoms with Crippen LogP contribution in [-0.4, -0.2) is 11.1 Å². The van der Waals surface area contributed by atoms with Gasteiger partial charge < -0.3 is 9.84 Å². The number of carboxylic acids is 1. The lowest BCUT2D eigenvalue weighted by Gasteiger charge is -2.26. The first-order valence-corrected chi connectivity index (χ1v) is 7.90. The van der Waals surface area contributed by atoms with Gasteiger partial charge in [-0.15, -0.1) is 0 Å². The van der Waals surface area contributed by atoms with Crippen LogP contribution in [-0.2, 0) is 16.8 Å². The van der Waals surface area contributed by atoms with Gasteiger partial charge in [-0.05, 0) is 55.5 Å². The van der Waals surface area contributed by atoms with Crippen LogP contribution in [0.2, 0.25) is 0 Å². The van der Waals surface area contributed by atoms with Gasteiger partial charge in [-0.2, -0.15) is 0 Å². The maximum absolute atomic E-state index is 11.7. The molecule has 0 saturated carbocycles. The molecule has 0 amide bonds. The number of hydrogen-bond acceptors (Lipinski definition) is 2. The molecule has 3 nitrogen and oxygen atoms in total. The third-order valence-electron chi connectivity index (χ3n) is 4.52. The lowest BCUT2D eigenvalue weighted by atomic mass is 9.78. The predicted octanol–water partition coefficient (Wildman–Crippen LogP) is 4.63. The van der Waals surface area contributed by atoms with Gasteiger partial charge in [0.1, 0.15) is 12.4 Å². The zero-order chi connectivity index (χ0) is 17.0. The van der Waals surface area contributed by atoms with Crippen LogP contribution in [0.3, 0.4) is 0 Å². The Morgan fingerprint density at radius 1 is 1.17 bits per heavy atom. The highest BCUT2D eigenvalue weighted by atomic mass is 16.5. The fourth-order valence-corrected chi connectivity index (χ4v) is 2.66. The molecule has 3 heteroatoms. The Labute approximate surface area is 137 Å². The minimum absolute atomic E-state index is 0.364. The molecule has 0 aliphatic rings. The molecule has 0 fully saturated rings. The van der Waals surface area contributed by atoms with Gasteiger partial charge in [0.15, 0.2) is 0 Å². The lowest BCUT2D eigenvalue weighted by Crippen LogP contribution is -2.32. The molecule has 0 saturated heterocycles. The largest absolute Gasteiger partial charge is 0.489 e. The van der Waals surface area contributed by atoms with E-state index < -0.39 is 11.4 Å². The van der Waals surface area contributed by atoms with Gasteiger partial charge in [-0.25, -0.2) is 0 Å². The number of aliphatic carboxylic acids is 1. The van der Waals surface area contributed by atoms with Crippen molar-refractivity contribution in [1.82, 2.24) is 0 Å². The van der Waals surface area contributed by atoms with Crippen LogP contribution in [0, 0.1) is 13.8 Å². The van der Waals surface area contributed by atoms with E-state index in [4.69, 9.17) is 4.74 Å². The molecule has 2 aromatic carbocycles. The summed E-state index contributed by atoms with van der Waals surface area (Å²) < 4.78 is 5.97. The summed E-state index contributed by atoms with van der Waals surface area (Å²) in [6.07, 6.45) is 0.531.